The zero-order chi connectivity index (χ0) is 20.8. The lowest BCUT2D eigenvalue weighted by molar-refractivity contribution is -0.129. The van der Waals surface area contributed by atoms with Crippen LogP contribution in [-0.4, -0.2) is 37.4 Å². The molecule has 0 aromatic heterocycles. The first kappa shape index (κ1) is 21.8. The van der Waals surface area contributed by atoms with Crippen molar-refractivity contribution in [2.45, 2.75) is 27.3 Å². The molecule has 0 aliphatic rings. The number of hydrogen-bond acceptors (Lipinski definition) is 3. The van der Waals surface area contributed by atoms with E-state index in [1.807, 2.05) is 42.1 Å². The normalized spacial score (nSPS) is 10.7. The number of anilines is 2. The summed E-state index contributed by atoms with van der Waals surface area (Å²) in [5.74, 6) is 0.137. The Morgan fingerprint density at radius 3 is 2.36 bits per heavy atom. The van der Waals surface area contributed by atoms with Crippen LogP contribution in [0, 0.1) is 5.92 Å². The number of carbonyl (C=O) groups excluding carboxylic acids is 2. The Morgan fingerprint density at radius 1 is 1.11 bits per heavy atom. The summed E-state index contributed by atoms with van der Waals surface area (Å²) in [7, 11) is 3.92. The fraction of sp³-hybridized carbons (Fsp3) is 0.364. The van der Waals surface area contributed by atoms with Gasteiger partial charge in [-0.05, 0) is 41.8 Å². The summed E-state index contributed by atoms with van der Waals surface area (Å²) >= 11 is 6.12. The standard InChI is InChI=1S/C22H28ClN3O2/c1-15(2)13-26(16(3)27)14-17-12-18(10-11-21(17)25(4)5)24-22(28)19-8-6-7-9-20(19)23/h6-12,15H,13-14H2,1-5H3,(H,24,28). The van der Waals surface area contributed by atoms with Gasteiger partial charge in [-0.2, -0.15) is 0 Å². The van der Waals surface area contributed by atoms with Gasteiger partial charge >= 0.3 is 0 Å². The molecule has 0 heterocycles. The van der Waals surface area contributed by atoms with Crippen molar-refractivity contribution in [1.29, 1.82) is 0 Å². The second-order valence-corrected chi connectivity index (χ2v) is 7.87. The molecule has 0 spiro atoms. The third kappa shape index (κ3) is 5.73. The lowest BCUT2D eigenvalue weighted by atomic mass is 10.1. The van der Waals surface area contributed by atoms with Gasteiger partial charge in [-0.25, -0.2) is 0 Å². The molecule has 2 aromatic carbocycles. The number of hydrogen-bond donors (Lipinski definition) is 1. The number of amides is 2. The molecule has 0 aliphatic carbocycles. The molecule has 150 valence electrons. The van der Waals surface area contributed by atoms with E-state index in [2.05, 4.69) is 19.2 Å². The van der Waals surface area contributed by atoms with Crippen molar-refractivity contribution >= 4 is 34.8 Å². The van der Waals surface area contributed by atoms with Crippen LogP contribution in [0.2, 0.25) is 5.02 Å². The Kier molecular flexibility index (Phi) is 7.46. The largest absolute Gasteiger partial charge is 0.377 e. The summed E-state index contributed by atoms with van der Waals surface area (Å²) in [6.45, 7) is 6.92. The first-order valence-corrected chi connectivity index (χ1v) is 9.68. The highest BCUT2D eigenvalue weighted by molar-refractivity contribution is 6.34. The van der Waals surface area contributed by atoms with E-state index in [1.54, 1.807) is 31.2 Å². The topological polar surface area (TPSA) is 52.7 Å². The highest BCUT2D eigenvalue weighted by Crippen LogP contribution is 2.26. The molecule has 0 radical (unpaired) electrons. The number of carbonyl (C=O) groups is 2. The van der Waals surface area contributed by atoms with E-state index < -0.39 is 0 Å². The Hall–Kier alpha value is -2.53. The van der Waals surface area contributed by atoms with Gasteiger partial charge < -0.3 is 15.1 Å². The van der Waals surface area contributed by atoms with Gasteiger partial charge in [0.05, 0.1) is 10.6 Å². The molecule has 0 saturated carbocycles. The molecule has 6 heteroatoms. The minimum Gasteiger partial charge on any atom is -0.377 e. The van der Waals surface area contributed by atoms with Crippen molar-refractivity contribution in [3.05, 3.63) is 58.6 Å². The van der Waals surface area contributed by atoms with Crippen LogP contribution in [0.4, 0.5) is 11.4 Å². The molecule has 28 heavy (non-hydrogen) atoms. The number of nitrogens with one attached hydrogen (secondary N) is 1. The first-order chi connectivity index (χ1) is 13.2. The molecule has 1 N–H and O–H groups in total. The van der Waals surface area contributed by atoms with Crippen LogP contribution in [0.3, 0.4) is 0 Å². The maximum atomic E-state index is 12.6. The molecule has 2 rings (SSSR count). The number of benzene rings is 2. The highest BCUT2D eigenvalue weighted by atomic mass is 35.5. The van der Waals surface area contributed by atoms with Gasteiger partial charge in [-0.3, -0.25) is 9.59 Å². The molecule has 0 unspecified atom stereocenters. The number of rotatable bonds is 7. The second-order valence-electron chi connectivity index (χ2n) is 7.47. The van der Waals surface area contributed by atoms with Crippen LogP contribution < -0.4 is 10.2 Å². The van der Waals surface area contributed by atoms with E-state index in [0.717, 1.165) is 11.3 Å². The SMILES string of the molecule is CC(=O)N(Cc1cc(NC(=O)c2ccccc2Cl)ccc1N(C)C)CC(C)C. The van der Waals surface area contributed by atoms with Crippen LogP contribution in [-0.2, 0) is 11.3 Å². The van der Waals surface area contributed by atoms with Crippen molar-refractivity contribution < 1.29 is 9.59 Å². The minimum absolute atomic E-state index is 0.0314. The van der Waals surface area contributed by atoms with E-state index in [0.29, 0.717) is 35.3 Å². The van der Waals surface area contributed by atoms with E-state index in [-0.39, 0.29) is 11.8 Å². The first-order valence-electron chi connectivity index (χ1n) is 9.30. The average Bonchev–Trinajstić information content (AvgIpc) is 2.61. The minimum atomic E-state index is -0.264. The molecule has 0 atom stereocenters. The average molecular weight is 402 g/mol. The second kappa shape index (κ2) is 9.60. The van der Waals surface area contributed by atoms with Crippen LogP contribution in [0.1, 0.15) is 36.7 Å². The summed E-state index contributed by atoms with van der Waals surface area (Å²) in [6.07, 6.45) is 0. The fourth-order valence-electron chi connectivity index (χ4n) is 3.02. The van der Waals surface area contributed by atoms with Gasteiger partial charge in [0.2, 0.25) is 5.91 Å². The zero-order valence-corrected chi connectivity index (χ0v) is 17.9. The Morgan fingerprint density at radius 2 is 1.79 bits per heavy atom. The summed E-state index contributed by atoms with van der Waals surface area (Å²) in [4.78, 5) is 28.5. The molecule has 0 saturated heterocycles. The van der Waals surface area contributed by atoms with Crippen molar-refractivity contribution in [2.24, 2.45) is 5.92 Å². The monoisotopic (exact) mass is 401 g/mol. The van der Waals surface area contributed by atoms with Gasteiger partial charge in [-0.15, -0.1) is 0 Å². The molecular formula is C22H28ClN3O2. The summed E-state index contributed by atoms with van der Waals surface area (Å²) in [6, 6.07) is 12.7. The zero-order valence-electron chi connectivity index (χ0n) is 17.1. The maximum absolute atomic E-state index is 12.6. The molecule has 0 fully saturated rings. The van der Waals surface area contributed by atoms with Crippen LogP contribution >= 0.6 is 11.6 Å². The van der Waals surface area contributed by atoms with Gasteiger partial charge in [0.1, 0.15) is 0 Å². The molecule has 2 amide bonds. The van der Waals surface area contributed by atoms with E-state index in [4.69, 9.17) is 11.6 Å². The van der Waals surface area contributed by atoms with Gasteiger partial charge in [0, 0.05) is 45.5 Å². The summed E-state index contributed by atoms with van der Waals surface area (Å²) < 4.78 is 0. The summed E-state index contributed by atoms with van der Waals surface area (Å²) in [5, 5.41) is 3.31. The lowest BCUT2D eigenvalue weighted by Gasteiger charge is -2.26. The molecule has 0 bridgehead atoms. The van der Waals surface area contributed by atoms with Crippen molar-refractivity contribution in [3.63, 3.8) is 0 Å². The quantitative estimate of drug-likeness (QED) is 0.733. The van der Waals surface area contributed by atoms with Crippen molar-refractivity contribution in [2.75, 3.05) is 30.9 Å². The predicted molar refractivity (Wildman–Crippen MR) is 116 cm³/mol. The Bertz CT molecular complexity index is 849. The van der Waals surface area contributed by atoms with E-state index in [1.165, 1.54) is 0 Å². The van der Waals surface area contributed by atoms with Gasteiger partial charge in [0.15, 0.2) is 0 Å². The highest BCUT2D eigenvalue weighted by Gasteiger charge is 2.16. The predicted octanol–water partition coefficient (Wildman–Crippen LogP) is 4.66. The molecular weight excluding hydrogens is 374 g/mol. The van der Waals surface area contributed by atoms with Crippen LogP contribution in [0.5, 0.6) is 0 Å². The fourth-order valence-corrected chi connectivity index (χ4v) is 3.24. The van der Waals surface area contributed by atoms with Gasteiger partial charge in [0.25, 0.3) is 5.91 Å². The van der Waals surface area contributed by atoms with Crippen LogP contribution in [0.15, 0.2) is 42.5 Å². The Labute approximate surface area is 172 Å². The van der Waals surface area contributed by atoms with Crippen LogP contribution in [0.25, 0.3) is 0 Å². The van der Waals surface area contributed by atoms with Crippen molar-refractivity contribution in [3.8, 4) is 0 Å². The molecule has 5 nitrogen and oxygen atoms in total. The molecule has 2 aromatic rings. The Balaban J connectivity index is 2.30. The van der Waals surface area contributed by atoms with Gasteiger partial charge in [-0.1, -0.05) is 37.6 Å². The third-order valence-corrected chi connectivity index (χ3v) is 4.66. The molecule has 0 aliphatic heterocycles. The lowest BCUT2D eigenvalue weighted by Crippen LogP contribution is -2.32. The number of halogens is 1. The van der Waals surface area contributed by atoms with Crippen molar-refractivity contribution in [1.82, 2.24) is 4.90 Å². The van der Waals surface area contributed by atoms with E-state index >= 15 is 0 Å². The smallest absolute Gasteiger partial charge is 0.257 e. The number of nitrogens with zero attached hydrogens (tertiary/aromatic N) is 2. The maximum Gasteiger partial charge on any atom is 0.257 e. The van der Waals surface area contributed by atoms with E-state index in [9.17, 15) is 9.59 Å². The third-order valence-electron chi connectivity index (χ3n) is 4.33. The summed E-state index contributed by atoms with van der Waals surface area (Å²) in [5.41, 5.74) is 3.06.